The number of hydrogen-bond acceptors (Lipinski definition) is 6. The molecule has 0 amide bonds. The lowest BCUT2D eigenvalue weighted by Gasteiger charge is -2.29. The van der Waals surface area contributed by atoms with Gasteiger partial charge in [0.15, 0.2) is 11.5 Å². The summed E-state index contributed by atoms with van der Waals surface area (Å²) in [5, 5.41) is 0. The molecule has 0 unspecified atom stereocenters. The Morgan fingerprint density at radius 2 is 1.55 bits per heavy atom. The van der Waals surface area contributed by atoms with Gasteiger partial charge in [-0.2, -0.15) is 39.5 Å². The summed E-state index contributed by atoms with van der Waals surface area (Å²) in [4.78, 5) is 18.9. The second kappa shape index (κ2) is 9.51. The van der Waals surface area contributed by atoms with Crippen molar-refractivity contribution in [2.24, 2.45) is 0 Å². The van der Waals surface area contributed by atoms with Gasteiger partial charge in [-0.3, -0.25) is 0 Å². The van der Waals surface area contributed by atoms with Gasteiger partial charge < -0.3 is 9.47 Å². The van der Waals surface area contributed by atoms with E-state index in [0.29, 0.717) is 6.20 Å². The standard InChI is InChI=1S/C18H13F9N2O4/c1-2-31-14(30)11-8-28-13(10-6-4-3-5-7-10)29-12(11)16(22,23)33-18(26,27)17(24,25)32-9-15(19,20)21/h3-8H,2,9H2,1H3. The summed E-state index contributed by atoms with van der Waals surface area (Å²) in [5.74, 6) is -2.07. The molecule has 0 spiro atoms. The Hall–Kier alpha value is -2.94. The van der Waals surface area contributed by atoms with Crippen molar-refractivity contribution in [3.63, 3.8) is 0 Å². The predicted octanol–water partition coefficient (Wildman–Crippen LogP) is 5.15. The number of aromatic nitrogens is 2. The van der Waals surface area contributed by atoms with Crippen LogP contribution in [-0.4, -0.2) is 47.5 Å². The Labute approximate surface area is 179 Å². The molecule has 1 heterocycles. The predicted molar refractivity (Wildman–Crippen MR) is 90.3 cm³/mol. The average molecular weight is 492 g/mol. The zero-order valence-corrected chi connectivity index (χ0v) is 16.3. The number of alkyl halides is 9. The zero-order valence-electron chi connectivity index (χ0n) is 16.3. The van der Waals surface area contributed by atoms with Crippen LogP contribution < -0.4 is 0 Å². The van der Waals surface area contributed by atoms with E-state index in [2.05, 4.69) is 24.2 Å². The van der Waals surface area contributed by atoms with Crippen molar-refractivity contribution < 1.29 is 58.5 Å². The highest BCUT2D eigenvalue weighted by Gasteiger charge is 2.66. The maximum absolute atomic E-state index is 14.6. The third-order valence-electron chi connectivity index (χ3n) is 3.60. The molecule has 1 aromatic carbocycles. The molecule has 6 nitrogen and oxygen atoms in total. The number of benzene rings is 1. The van der Waals surface area contributed by atoms with Crippen LogP contribution in [0, 0.1) is 0 Å². The molecule has 0 saturated carbocycles. The fourth-order valence-electron chi connectivity index (χ4n) is 2.21. The first-order valence-electron chi connectivity index (χ1n) is 8.74. The molecule has 0 fully saturated rings. The lowest BCUT2D eigenvalue weighted by atomic mass is 10.1. The second-order valence-corrected chi connectivity index (χ2v) is 6.10. The van der Waals surface area contributed by atoms with Crippen molar-refractivity contribution in [1.82, 2.24) is 9.97 Å². The second-order valence-electron chi connectivity index (χ2n) is 6.10. The van der Waals surface area contributed by atoms with Crippen LogP contribution in [0.25, 0.3) is 11.4 Å². The third-order valence-corrected chi connectivity index (χ3v) is 3.60. The van der Waals surface area contributed by atoms with Gasteiger partial charge in [0.05, 0.1) is 6.61 Å². The summed E-state index contributed by atoms with van der Waals surface area (Å²) in [7, 11) is 0. The van der Waals surface area contributed by atoms with Crippen LogP contribution in [0.4, 0.5) is 39.5 Å². The van der Waals surface area contributed by atoms with E-state index in [9.17, 15) is 44.3 Å². The van der Waals surface area contributed by atoms with E-state index in [1.807, 2.05) is 0 Å². The highest BCUT2D eigenvalue weighted by atomic mass is 19.4. The molecule has 0 N–H and O–H groups in total. The highest BCUT2D eigenvalue weighted by Crippen LogP contribution is 2.44. The number of ether oxygens (including phenoxy) is 3. The normalized spacial score (nSPS) is 13.2. The minimum atomic E-state index is -6.29. The molecule has 0 aliphatic heterocycles. The fourth-order valence-corrected chi connectivity index (χ4v) is 2.21. The molecule has 0 bridgehead atoms. The van der Waals surface area contributed by atoms with Crippen LogP contribution in [0.5, 0.6) is 0 Å². The van der Waals surface area contributed by atoms with Crippen molar-refractivity contribution in [2.75, 3.05) is 13.2 Å². The van der Waals surface area contributed by atoms with E-state index in [4.69, 9.17) is 0 Å². The Morgan fingerprint density at radius 1 is 0.939 bits per heavy atom. The number of nitrogens with zero attached hydrogens (tertiary/aromatic N) is 2. The molecule has 2 aromatic rings. The van der Waals surface area contributed by atoms with Crippen LogP contribution in [0.2, 0.25) is 0 Å². The molecule has 33 heavy (non-hydrogen) atoms. The van der Waals surface area contributed by atoms with Crippen molar-refractivity contribution in [3.05, 3.63) is 47.8 Å². The van der Waals surface area contributed by atoms with Gasteiger partial charge in [-0.15, -0.1) is 0 Å². The third kappa shape index (κ3) is 6.54. The van der Waals surface area contributed by atoms with Gasteiger partial charge in [-0.1, -0.05) is 30.3 Å². The topological polar surface area (TPSA) is 70.5 Å². The van der Waals surface area contributed by atoms with Crippen LogP contribution in [0.1, 0.15) is 23.0 Å². The van der Waals surface area contributed by atoms with Gasteiger partial charge in [0.2, 0.25) is 0 Å². The highest BCUT2D eigenvalue weighted by molar-refractivity contribution is 5.90. The average Bonchev–Trinajstić information content (AvgIpc) is 2.71. The smallest absolute Gasteiger partial charge is 0.453 e. The first-order valence-corrected chi connectivity index (χ1v) is 8.74. The van der Waals surface area contributed by atoms with Crippen molar-refractivity contribution in [2.45, 2.75) is 31.4 Å². The summed E-state index contributed by atoms with van der Waals surface area (Å²) in [6.45, 7) is -1.97. The van der Waals surface area contributed by atoms with Crippen molar-refractivity contribution in [1.29, 1.82) is 0 Å². The van der Waals surface area contributed by atoms with Crippen LogP contribution in [-0.2, 0) is 20.3 Å². The number of rotatable bonds is 9. The number of hydrogen-bond donors (Lipinski definition) is 0. The minimum Gasteiger partial charge on any atom is -0.462 e. The molecule has 15 heteroatoms. The van der Waals surface area contributed by atoms with E-state index in [-0.39, 0.29) is 12.2 Å². The Balaban J connectivity index is 2.48. The summed E-state index contributed by atoms with van der Waals surface area (Å²) in [6.07, 6.45) is -22.9. The lowest BCUT2D eigenvalue weighted by molar-refractivity contribution is -0.490. The number of carbonyl (C=O) groups is 1. The Morgan fingerprint density at radius 3 is 2.09 bits per heavy atom. The molecule has 0 aliphatic carbocycles. The monoisotopic (exact) mass is 492 g/mol. The van der Waals surface area contributed by atoms with Crippen molar-refractivity contribution in [3.8, 4) is 11.4 Å². The Kier molecular flexibility index (Phi) is 7.58. The van der Waals surface area contributed by atoms with E-state index in [1.165, 1.54) is 37.3 Å². The van der Waals surface area contributed by atoms with Crippen molar-refractivity contribution >= 4 is 5.97 Å². The lowest BCUT2D eigenvalue weighted by Crippen LogP contribution is -2.49. The van der Waals surface area contributed by atoms with Crippen LogP contribution in [0.3, 0.4) is 0 Å². The molecular weight excluding hydrogens is 479 g/mol. The quantitative estimate of drug-likeness (QED) is 0.356. The van der Waals surface area contributed by atoms with Gasteiger partial charge in [0.25, 0.3) is 0 Å². The molecule has 1 aromatic heterocycles. The van der Waals surface area contributed by atoms with E-state index in [0.717, 1.165) is 0 Å². The minimum absolute atomic E-state index is 0.0653. The van der Waals surface area contributed by atoms with Gasteiger partial charge in [0, 0.05) is 11.8 Å². The largest absolute Gasteiger partial charge is 0.462 e. The molecule has 0 radical (unpaired) electrons. The zero-order chi connectivity index (χ0) is 25.1. The van der Waals surface area contributed by atoms with Crippen LogP contribution in [0.15, 0.2) is 36.5 Å². The molecule has 2 rings (SSSR count). The molecule has 182 valence electrons. The van der Waals surface area contributed by atoms with E-state index in [1.54, 1.807) is 0 Å². The summed E-state index contributed by atoms with van der Waals surface area (Å²) < 4.78 is 130. The van der Waals surface area contributed by atoms with E-state index >= 15 is 0 Å². The SMILES string of the molecule is CCOC(=O)c1cnc(-c2ccccc2)nc1C(F)(F)OC(F)(F)C(F)(F)OCC(F)(F)F. The first-order chi connectivity index (χ1) is 15.1. The maximum Gasteiger partial charge on any atom is 0.453 e. The first kappa shape index (κ1) is 26.3. The number of halogens is 9. The van der Waals surface area contributed by atoms with Gasteiger partial charge in [-0.25, -0.2) is 19.5 Å². The van der Waals surface area contributed by atoms with Crippen LogP contribution >= 0.6 is 0 Å². The number of carbonyl (C=O) groups excluding carboxylic acids is 1. The summed E-state index contributed by atoms with van der Waals surface area (Å²) in [5.41, 5.74) is -3.03. The maximum atomic E-state index is 14.6. The molecular formula is C18H13F9N2O4. The number of esters is 1. The molecule has 0 aliphatic rings. The van der Waals surface area contributed by atoms with Gasteiger partial charge in [0.1, 0.15) is 12.2 Å². The van der Waals surface area contributed by atoms with Gasteiger partial charge >= 0.3 is 30.5 Å². The Bertz CT molecular complexity index is 969. The molecule has 0 saturated heterocycles. The fraction of sp³-hybridized carbons (Fsp3) is 0.389. The molecule has 0 atom stereocenters. The van der Waals surface area contributed by atoms with Gasteiger partial charge in [-0.05, 0) is 6.92 Å². The summed E-state index contributed by atoms with van der Waals surface area (Å²) in [6, 6.07) is 7.02. The van der Waals surface area contributed by atoms with E-state index < -0.39 is 54.2 Å². The summed E-state index contributed by atoms with van der Waals surface area (Å²) >= 11 is 0.